The second kappa shape index (κ2) is 7.50. The lowest BCUT2D eigenvalue weighted by Crippen LogP contribution is -2.14. The van der Waals surface area contributed by atoms with E-state index in [1.807, 2.05) is 23.7 Å². The Balaban J connectivity index is 1.38. The van der Waals surface area contributed by atoms with Crippen LogP contribution in [-0.2, 0) is 11.8 Å². The number of anilines is 1. The van der Waals surface area contributed by atoms with Gasteiger partial charge in [0.05, 0.1) is 5.75 Å². The highest BCUT2D eigenvalue weighted by Crippen LogP contribution is 2.34. The predicted octanol–water partition coefficient (Wildman–Crippen LogP) is 3.60. The summed E-state index contributed by atoms with van der Waals surface area (Å²) in [6.45, 7) is 0.199. The van der Waals surface area contributed by atoms with Crippen molar-refractivity contribution in [1.82, 2.24) is 14.8 Å². The van der Waals surface area contributed by atoms with Crippen molar-refractivity contribution in [3.63, 3.8) is 0 Å². The van der Waals surface area contributed by atoms with Gasteiger partial charge in [0.2, 0.25) is 12.7 Å². The molecule has 1 aliphatic rings. The topological polar surface area (TPSA) is 78.3 Å². The fourth-order valence-electron chi connectivity index (χ4n) is 2.59. The summed E-state index contributed by atoms with van der Waals surface area (Å²) in [4.78, 5) is 12.2. The van der Waals surface area contributed by atoms with Crippen LogP contribution in [0.25, 0.3) is 11.4 Å². The average molecular weight is 403 g/mol. The van der Waals surface area contributed by atoms with Crippen LogP contribution in [0.3, 0.4) is 0 Å². The number of benzene rings is 2. The number of halogens is 1. The van der Waals surface area contributed by atoms with E-state index in [0.717, 1.165) is 5.56 Å². The first-order valence-electron chi connectivity index (χ1n) is 8.08. The Hall–Kier alpha value is -2.71. The van der Waals surface area contributed by atoms with Gasteiger partial charge in [0.15, 0.2) is 22.5 Å². The number of ether oxygens (including phenoxy) is 2. The Morgan fingerprint density at radius 2 is 1.96 bits per heavy atom. The molecule has 4 rings (SSSR count). The second-order valence-corrected chi connectivity index (χ2v) is 7.16. The van der Waals surface area contributed by atoms with Crippen LogP contribution < -0.4 is 14.8 Å². The number of hydrogen-bond donors (Lipinski definition) is 1. The third-order valence-electron chi connectivity index (χ3n) is 3.93. The molecule has 0 saturated heterocycles. The van der Waals surface area contributed by atoms with E-state index in [9.17, 15) is 4.79 Å². The number of hydrogen-bond acceptors (Lipinski definition) is 6. The maximum atomic E-state index is 12.2. The van der Waals surface area contributed by atoms with Gasteiger partial charge in [0.1, 0.15) is 0 Å². The fraction of sp³-hybridized carbons (Fsp3) is 0.167. The molecule has 0 spiro atoms. The lowest BCUT2D eigenvalue weighted by atomic mass is 10.2. The number of amides is 1. The lowest BCUT2D eigenvalue weighted by molar-refractivity contribution is -0.113. The smallest absolute Gasteiger partial charge is 0.234 e. The molecule has 0 unspecified atom stereocenters. The van der Waals surface area contributed by atoms with E-state index in [1.165, 1.54) is 11.8 Å². The molecule has 0 radical (unpaired) electrons. The molecule has 1 aromatic heterocycles. The van der Waals surface area contributed by atoms with Crippen LogP contribution in [0.1, 0.15) is 0 Å². The SMILES string of the molecule is Cn1c(SCC(=O)Nc2ccc3c(c2)OCO3)nnc1-c1ccc(Cl)cc1. The second-order valence-electron chi connectivity index (χ2n) is 5.78. The summed E-state index contributed by atoms with van der Waals surface area (Å²) in [5.41, 5.74) is 1.57. The molecule has 27 heavy (non-hydrogen) atoms. The summed E-state index contributed by atoms with van der Waals surface area (Å²) in [5, 5.41) is 12.5. The molecule has 9 heteroatoms. The van der Waals surface area contributed by atoms with Crippen molar-refractivity contribution in [3.8, 4) is 22.9 Å². The quantitative estimate of drug-likeness (QED) is 0.657. The first-order valence-corrected chi connectivity index (χ1v) is 9.44. The number of nitrogens with one attached hydrogen (secondary N) is 1. The molecule has 7 nitrogen and oxygen atoms in total. The van der Waals surface area contributed by atoms with Crippen molar-refractivity contribution >= 4 is 35.0 Å². The number of nitrogens with zero attached hydrogens (tertiary/aromatic N) is 3. The zero-order valence-electron chi connectivity index (χ0n) is 14.3. The van der Waals surface area contributed by atoms with Crippen molar-refractivity contribution < 1.29 is 14.3 Å². The normalized spacial score (nSPS) is 12.2. The molecule has 1 amide bonds. The summed E-state index contributed by atoms with van der Waals surface area (Å²) in [6.07, 6.45) is 0. The fourth-order valence-corrected chi connectivity index (χ4v) is 3.43. The lowest BCUT2D eigenvalue weighted by Gasteiger charge is -2.06. The van der Waals surface area contributed by atoms with Crippen molar-refractivity contribution in [2.45, 2.75) is 5.16 Å². The molecular formula is C18H15ClN4O3S. The minimum absolute atomic E-state index is 0.144. The number of carbonyl (C=O) groups excluding carboxylic acids is 1. The predicted molar refractivity (Wildman–Crippen MR) is 103 cm³/mol. The van der Waals surface area contributed by atoms with E-state index in [-0.39, 0.29) is 18.5 Å². The van der Waals surface area contributed by atoms with Gasteiger partial charge in [-0.3, -0.25) is 4.79 Å². The summed E-state index contributed by atoms with van der Waals surface area (Å²) >= 11 is 7.23. The van der Waals surface area contributed by atoms with Crippen molar-refractivity contribution in [2.24, 2.45) is 7.05 Å². The Kier molecular flexibility index (Phi) is 4.91. The number of aromatic nitrogens is 3. The highest BCUT2D eigenvalue weighted by atomic mass is 35.5. The average Bonchev–Trinajstić information content (AvgIpc) is 3.27. The van der Waals surface area contributed by atoms with Crippen LogP contribution in [0, 0.1) is 0 Å². The molecular weight excluding hydrogens is 388 g/mol. The largest absolute Gasteiger partial charge is 0.454 e. The van der Waals surface area contributed by atoms with E-state index in [0.29, 0.717) is 33.2 Å². The van der Waals surface area contributed by atoms with Crippen LogP contribution in [-0.4, -0.2) is 33.2 Å². The number of carbonyl (C=O) groups is 1. The highest BCUT2D eigenvalue weighted by Gasteiger charge is 2.16. The van der Waals surface area contributed by atoms with Crippen LogP contribution in [0.5, 0.6) is 11.5 Å². The summed E-state index contributed by atoms with van der Waals surface area (Å²) in [7, 11) is 1.86. The van der Waals surface area contributed by atoms with Crippen LogP contribution in [0.2, 0.25) is 5.02 Å². The molecule has 0 bridgehead atoms. The van der Waals surface area contributed by atoms with E-state index in [2.05, 4.69) is 15.5 Å². The number of thioether (sulfide) groups is 1. The van der Waals surface area contributed by atoms with Crippen molar-refractivity contribution in [3.05, 3.63) is 47.5 Å². The van der Waals surface area contributed by atoms with Crippen molar-refractivity contribution in [2.75, 3.05) is 17.9 Å². The minimum Gasteiger partial charge on any atom is -0.454 e. The zero-order valence-corrected chi connectivity index (χ0v) is 15.9. The highest BCUT2D eigenvalue weighted by molar-refractivity contribution is 7.99. The summed E-state index contributed by atoms with van der Waals surface area (Å²) in [5.74, 6) is 2.08. The monoisotopic (exact) mass is 402 g/mol. The van der Waals surface area contributed by atoms with Gasteiger partial charge in [-0.2, -0.15) is 0 Å². The van der Waals surface area contributed by atoms with Gasteiger partial charge in [-0.05, 0) is 36.4 Å². The molecule has 2 aromatic carbocycles. The Morgan fingerprint density at radius 1 is 1.19 bits per heavy atom. The Bertz CT molecular complexity index is 991. The first-order chi connectivity index (χ1) is 13.1. The molecule has 2 heterocycles. The van der Waals surface area contributed by atoms with E-state index < -0.39 is 0 Å². The molecule has 0 aliphatic carbocycles. The maximum Gasteiger partial charge on any atom is 0.234 e. The standard InChI is InChI=1S/C18H15ClN4O3S/c1-23-17(11-2-4-12(19)5-3-11)21-22-18(23)27-9-16(24)20-13-6-7-14-15(8-13)26-10-25-14/h2-8H,9-10H2,1H3,(H,20,24). The zero-order chi connectivity index (χ0) is 18.8. The molecule has 0 fully saturated rings. The first kappa shape index (κ1) is 17.7. The molecule has 0 saturated carbocycles. The third kappa shape index (κ3) is 3.86. The Morgan fingerprint density at radius 3 is 2.78 bits per heavy atom. The van der Waals surface area contributed by atoms with E-state index in [1.54, 1.807) is 30.3 Å². The number of rotatable bonds is 5. The van der Waals surface area contributed by atoms with Gasteiger partial charge >= 0.3 is 0 Å². The van der Waals surface area contributed by atoms with Gasteiger partial charge in [-0.1, -0.05) is 23.4 Å². The van der Waals surface area contributed by atoms with Crippen LogP contribution in [0.4, 0.5) is 5.69 Å². The number of fused-ring (bicyclic) bond motifs is 1. The minimum atomic E-state index is -0.144. The van der Waals surface area contributed by atoms with Gasteiger partial charge in [0.25, 0.3) is 0 Å². The van der Waals surface area contributed by atoms with Gasteiger partial charge in [-0.15, -0.1) is 10.2 Å². The molecule has 0 atom stereocenters. The van der Waals surface area contributed by atoms with Gasteiger partial charge in [0, 0.05) is 29.4 Å². The van der Waals surface area contributed by atoms with Crippen LogP contribution >= 0.6 is 23.4 Å². The van der Waals surface area contributed by atoms with E-state index >= 15 is 0 Å². The summed E-state index contributed by atoms with van der Waals surface area (Å²) < 4.78 is 12.4. The van der Waals surface area contributed by atoms with Gasteiger partial charge in [-0.25, -0.2) is 0 Å². The van der Waals surface area contributed by atoms with Crippen molar-refractivity contribution in [1.29, 1.82) is 0 Å². The van der Waals surface area contributed by atoms with Gasteiger partial charge < -0.3 is 19.4 Å². The molecule has 3 aromatic rings. The maximum absolute atomic E-state index is 12.2. The third-order valence-corrected chi connectivity index (χ3v) is 5.20. The molecule has 1 N–H and O–H groups in total. The van der Waals surface area contributed by atoms with Crippen LogP contribution in [0.15, 0.2) is 47.6 Å². The molecule has 138 valence electrons. The summed E-state index contributed by atoms with van der Waals surface area (Å²) in [6, 6.07) is 12.7. The van der Waals surface area contributed by atoms with E-state index in [4.69, 9.17) is 21.1 Å². The molecule has 1 aliphatic heterocycles. The Labute approximate surface area is 164 Å².